The molecule has 0 saturated heterocycles. The number of aliphatic imine (C=N–C) groups is 1. The molecule has 1 heterocycles. The first-order valence-electron chi connectivity index (χ1n) is 9.54. The maximum Gasteiger partial charge on any atom is 0.269 e. The number of hydrogen-bond acceptors (Lipinski definition) is 4. The van der Waals surface area contributed by atoms with E-state index in [1.54, 1.807) is 19.1 Å². The number of nitro benzene ring substituents is 1. The Labute approximate surface area is 165 Å². The molecule has 0 amide bonds. The summed E-state index contributed by atoms with van der Waals surface area (Å²) >= 11 is 0. The first-order chi connectivity index (χ1) is 13.1. The standard InChI is InChI=1S/C22H26FN3O2/c1-6-25-21-11-19(23)16(10-18(21)15(3)12-22(25,4)5)13-24-20-8-7-17(26(27)28)9-14(20)2/h7-11,13,15H,6,12H2,1-5H3. The molecule has 0 aromatic heterocycles. The van der Waals surface area contributed by atoms with Crippen LogP contribution in [0.15, 0.2) is 35.3 Å². The maximum atomic E-state index is 14.8. The number of aryl methyl sites for hydroxylation is 1. The lowest BCUT2D eigenvalue weighted by molar-refractivity contribution is -0.384. The number of halogens is 1. The molecule has 0 saturated carbocycles. The highest BCUT2D eigenvalue weighted by Crippen LogP contribution is 2.43. The summed E-state index contributed by atoms with van der Waals surface area (Å²) in [5.41, 5.74) is 3.78. The van der Waals surface area contributed by atoms with Crippen molar-refractivity contribution in [3.8, 4) is 0 Å². The Balaban J connectivity index is 1.98. The fraction of sp³-hybridized carbons (Fsp3) is 0.409. The van der Waals surface area contributed by atoms with Gasteiger partial charge in [0.15, 0.2) is 0 Å². The molecule has 0 spiro atoms. The van der Waals surface area contributed by atoms with Gasteiger partial charge in [0.1, 0.15) is 5.82 Å². The van der Waals surface area contributed by atoms with Crippen LogP contribution < -0.4 is 4.90 Å². The average molecular weight is 383 g/mol. The van der Waals surface area contributed by atoms with Gasteiger partial charge in [-0.25, -0.2) is 4.39 Å². The normalized spacial score (nSPS) is 18.4. The van der Waals surface area contributed by atoms with Crippen LogP contribution in [0.5, 0.6) is 0 Å². The van der Waals surface area contributed by atoms with E-state index in [0.717, 1.165) is 24.2 Å². The summed E-state index contributed by atoms with van der Waals surface area (Å²) in [5.74, 6) is 0.00655. The Morgan fingerprint density at radius 1 is 1.36 bits per heavy atom. The zero-order chi connectivity index (χ0) is 20.6. The van der Waals surface area contributed by atoms with Crippen molar-refractivity contribution < 1.29 is 9.31 Å². The Bertz CT molecular complexity index is 953. The molecule has 2 aromatic carbocycles. The quantitative estimate of drug-likeness (QED) is 0.375. The van der Waals surface area contributed by atoms with Gasteiger partial charge in [-0.05, 0) is 69.4 Å². The van der Waals surface area contributed by atoms with Gasteiger partial charge in [-0.1, -0.05) is 6.92 Å². The van der Waals surface area contributed by atoms with Gasteiger partial charge in [-0.2, -0.15) is 0 Å². The number of anilines is 1. The molecular weight excluding hydrogens is 357 g/mol. The first-order valence-corrected chi connectivity index (χ1v) is 9.54. The van der Waals surface area contributed by atoms with Gasteiger partial charge in [-0.15, -0.1) is 0 Å². The van der Waals surface area contributed by atoms with Crippen LogP contribution in [-0.4, -0.2) is 23.2 Å². The van der Waals surface area contributed by atoms with Crippen molar-refractivity contribution in [1.29, 1.82) is 0 Å². The van der Waals surface area contributed by atoms with E-state index in [9.17, 15) is 14.5 Å². The van der Waals surface area contributed by atoms with E-state index in [4.69, 9.17) is 0 Å². The van der Waals surface area contributed by atoms with Crippen molar-refractivity contribution in [2.75, 3.05) is 11.4 Å². The minimum Gasteiger partial charge on any atom is -0.366 e. The molecule has 2 aromatic rings. The number of rotatable bonds is 4. The highest BCUT2D eigenvalue weighted by atomic mass is 19.1. The molecule has 0 aliphatic carbocycles. The van der Waals surface area contributed by atoms with Gasteiger partial charge in [-0.3, -0.25) is 15.1 Å². The second kappa shape index (κ2) is 7.34. The Morgan fingerprint density at radius 3 is 2.68 bits per heavy atom. The average Bonchev–Trinajstić information content (AvgIpc) is 2.60. The molecule has 0 N–H and O–H groups in total. The number of benzene rings is 2. The predicted octanol–water partition coefficient (Wildman–Crippen LogP) is 5.91. The fourth-order valence-corrected chi connectivity index (χ4v) is 4.26. The third kappa shape index (κ3) is 3.63. The highest BCUT2D eigenvalue weighted by Gasteiger charge is 2.36. The second-order valence-electron chi connectivity index (χ2n) is 8.08. The SMILES string of the molecule is CCN1c2cc(F)c(C=Nc3ccc([N+](=O)[O-])cc3C)cc2C(C)CC1(C)C. The number of fused-ring (bicyclic) bond motifs is 1. The van der Waals surface area contributed by atoms with E-state index in [-0.39, 0.29) is 17.0 Å². The zero-order valence-corrected chi connectivity index (χ0v) is 17.0. The third-order valence-electron chi connectivity index (χ3n) is 5.55. The van der Waals surface area contributed by atoms with E-state index in [0.29, 0.717) is 22.7 Å². The Hall–Kier alpha value is -2.76. The minimum atomic E-state index is -0.438. The topological polar surface area (TPSA) is 58.7 Å². The molecule has 1 aliphatic rings. The van der Waals surface area contributed by atoms with Crippen molar-refractivity contribution in [2.24, 2.45) is 4.99 Å². The molecule has 0 fully saturated rings. The Morgan fingerprint density at radius 2 is 2.07 bits per heavy atom. The molecule has 1 atom stereocenters. The third-order valence-corrected chi connectivity index (χ3v) is 5.55. The van der Waals surface area contributed by atoms with Crippen molar-refractivity contribution in [3.63, 3.8) is 0 Å². The van der Waals surface area contributed by atoms with Crippen molar-refractivity contribution >= 4 is 23.3 Å². The lowest BCUT2D eigenvalue weighted by atomic mass is 9.79. The van der Waals surface area contributed by atoms with E-state index in [2.05, 4.69) is 37.6 Å². The molecule has 1 unspecified atom stereocenters. The zero-order valence-electron chi connectivity index (χ0n) is 17.0. The Kier molecular flexibility index (Phi) is 5.24. The number of nitro groups is 1. The second-order valence-corrected chi connectivity index (χ2v) is 8.08. The lowest BCUT2D eigenvalue weighted by Gasteiger charge is -2.47. The summed E-state index contributed by atoms with van der Waals surface area (Å²) in [5, 5.41) is 10.9. The van der Waals surface area contributed by atoms with Gasteiger partial charge >= 0.3 is 0 Å². The van der Waals surface area contributed by atoms with E-state index >= 15 is 0 Å². The number of non-ortho nitro benzene ring substituents is 1. The van der Waals surface area contributed by atoms with Crippen LogP contribution in [0.4, 0.5) is 21.5 Å². The summed E-state index contributed by atoms with van der Waals surface area (Å²) in [7, 11) is 0. The highest BCUT2D eigenvalue weighted by molar-refractivity contribution is 5.84. The summed E-state index contributed by atoms with van der Waals surface area (Å²) in [6, 6.07) is 7.97. The van der Waals surface area contributed by atoms with Crippen LogP contribution in [0.1, 0.15) is 56.7 Å². The predicted molar refractivity (Wildman–Crippen MR) is 112 cm³/mol. The van der Waals surface area contributed by atoms with Gasteiger partial charge in [0.25, 0.3) is 5.69 Å². The molecule has 0 radical (unpaired) electrons. The summed E-state index contributed by atoms with van der Waals surface area (Å²) in [4.78, 5) is 17.1. The van der Waals surface area contributed by atoms with Gasteiger partial charge < -0.3 is 4.90 Å². The number of nitrogens with zero attached hydrogens (tertiary/aromatic N) is 3. The molecule has 3 rings (SSSR count). The largest absolute Gasteiger partial charge is 0.366 e. The molecular formula is C22H26FN3O2. The lowest BCUT2D eigenvalue weighted by Crippen LogP contribution is -2.48. The fourth-order valence-electron chi connectivity index (χ4n) is 4.26. The van der Waals surface area contributed by atoms with E-state index in [1.807, 2.05) is 6.07 Å². The van der Waals surface area contributed by atoms with Crippen LogP contribution in [0, 0.1) is 22.9 Å². The van der Waals surface area contributed by atoms with Crippen molar-refractivity contribution in [2.45, 2.75) is 52.5 Å². The molecule has 5 nitrogen and oxygen atoms in total. The van der Waals surface area contributed by atoms with E-state index in [1.165, 1.54) is 18.3 Å². The summed E-state index contributed by atoms with van der Waals surface area (Å²) in [6.45, 7) is 11.2. The van der Waals surface area contributed by atoms with Gasteiger partial charge in [0.2, 0.25) is 0 Å². The van der Waals surface area contributed by atoms with Crippen molar-refractivity contribution in [3.05, 3.63) is 63.0 Å². The summed E-state index contributed by atoms with van der Waals surface area (Å²) in [6.07, 6.45) is 2.50. The number of hydrogen-bond donors (Lipinski definition) is 0. The van der Waals surface area contributed by atoms with Crippen LogP contribution in [0.2, 0.25) is 0 Å². The summed E-state index contributed by atoms with van der Waals surface area (Å²) < 4.78 is 14.8. The van der Waals surface area contributed by atoms with Crippen LogP contribution in [0.25, 0.3) is 0 Å². The first kappa shape index (κ1) is 20.0. The molecule has 28 heavy (non-hydrogen) atoms. The van der Waals surface area contributed by atoms with E-state index < -0.39 is 4.92 Å². The van der Waals surface area contributed by atoms with Crippen LogP contribution in [-0.2, 0) is 0 Å². The van der Waals surface area contributed by atoms with Gasteiger partial charge in [0, 0.05) is 41.7 Å². The smallest absolute Gasteiger partial charge is 0.269 e. The monoisotopic (exact) mass is 383 g/mol. The van der Waals surface area contributed by atoms with Gasteiger partial charge in [0.05, 0.1) is 10.6 Å². The molecule has 148 valence electrons. The van der Waals surface area contributed by atoms with Crippen LogP contribution in [0.3, 0.4) is 0 Å². The molecule has 0 bridgehead atoms. The minimum absolute atomic E-state index is 0.0148. The van der Waals surface area contributed by atoms with Crippen molar-refractivity contribution in [1.82, 2.24) is 0 Å². The van der Waals surface area contributed by atoms with Crippen LogP contribution >= 0.6 is 0 Å². The molecule has 1 aliphatic heterocycles. The molecule has 6 heteroatoms. The maximum absolute atomic E-state index is 14.8.